The van der Waals surface area contributed by atoms with E-state index in [1.165, 1.54) is 0 Å². The molecule has 3 rings (SSSR count). The molecule has 0 aliphatic rings. The van der Waals surface area contributed by atoms with Gasteiger partial charge in [-0.3, -0.25) is 0 Å². The number of fused-ring (bicyclic) bond motifs is 1. The van der Waals surface area contributed by atoms with Crippen molar-refractivity contribution in [1.82, 2.24) is 4.98 Å². The Morgan fingerprint density at radius 2 is 1.80 bits per heavy atom. The molecule has 1 N–H and O–H groups in total. The highest BCUT2D eigenvalue weighted by molar-refractivity contribution is 5.94. The monoisotopic (exact) mass is 411 g/mol. The third-order valence-corrected chi connectivity index (χ3v) is 4.69. The van der Waals surface area contributed by atoms with Gasteiger partial charge in [-0.25, -0.2) is 4.98 Å². The predicted molar refractivity (Wildman–Crippen MR) is 117 cm³/mol. The van der Waals surface area contributed by atoms with Gasteiger partial charge in [0.2, 0.25) is 11.6 Å². The van der Waals surface area contributed by atoms with E-state index in [1.807, 2.05) is 31.2 Å². The summed E-state index contributed by atoms with van der Waals surface area (Å²) in [5.41, 5.74) is 1.95. The highest BCUT2D eigenvalue weighted by atomic mass is 16.5. The second kappa shape index (κ2) is 9.57. The van der Waals surface area contributed by atoms with Gasteiger partial charge in [0.05, 0.1) is 32.8 Å². The van der Waals surface area contributed by atoms with E-state index in [-0.39, 0.29) is 5.75 Å². The summed E-state index contributed by atoms with van der Waals surface area (Å²) < 4.78 is 22.7. The summed E-state index contributed by atoms with van der Waals surface area (Å²) in [6.45, 7) is 7.13. The number of nitrogens with zero attached hydrogens (tertiary/aromatic N) is 1. The molecule has 1 heterocycles. The molecular formula is C24H29NO5. The molecule has 30 heavy (non-hydrogen) atoms. The van der Waals surface area contributed by atoms with Crippen LogP contribution in [-0.2, 0) is 6.42 Å². The molecule has 0 unspecified atom stereocenters. The molecule has 160 valence electrons. The molecule has 2 aromatic carbocycles. The molecule has 0 bridgehead atoms. The van der Waals surface area contributed by atoms with Gasteiger partial charge < -0.3 is 24.1 Å². The Bertz CT molecular complexity index is 1020. The van der Waals surface area contributed by atoms with Gasteiger partial charge in [0, 0.05) is 6.20 Å². The number of ether oxygens (including phenoxy) is 4. The predicted octanol–water partition coefficient (Wildman–Crippen LogP) is 4.98. The van der Waals surface area contributed by atoms with Crippen LogP contribution in [0.15, 0.2) is 36.5 Å². The molecule has 0 atom stereocenters. The Morgan fingerprint density at radius 1 is 1.03 bits per heavy atom. The van der Waals surface area contributed by atoms with Gasteiger partial charge in [-0.2, -0.15) is 0 Å². The Labute approximate surface area is 177 Å². The second-order valence-corrected chi connectivity index (χ2v) is 7.43. The van der Waals surface area contributed by atoms with Crippen LogP contribution in [0.4, 0.5) is 0 Å². The van der Waals surface area contributed by atoms with Crippen molar-refractivity contribution in [2.45, 2.75) is 27.2 Å². The van der Waals surface area contributed by atoms with E-state index in [2.05, 4.69) is 18.8 Å². The fraction of sp³-hybridized carbons (Fsp3) is 0.375. The van der Waals surface area contributed by atoms with E-state index in [0.717, 1.165) is 16.5 Å². The Balaban J connectivity index is 2.05. The lowest BCUT2D eigenvalue weighted by molar-refractivity contribution is 0.251. The molecule has 0 saturated heterocycles. The maximum Gasteiger partial charge on any atom is 0.225 e. The summed E-state index contributed by atoms with van der Waals surface area (Å²) in [7, 11) is 3.21. The van der Waals surface area contributed by atoms with Crippen molar-refractivity contribution in [1.29, 1.82) is 0 Å². The van der Waals surface area contributed by atoms with Gasteiger partial charge in [-0.05, 0) is 54.0 Å². The summed E-state index contributed by atoms with van der Waals surface area (Å²) >= 11 is 0. The zero-order chi connectivity index (χ0) is 21.7. The topological polar surface area (TPSA) is 70.0 Å². The quantitative estimate of drug-likeness (QED) is 0.535. The van der Waals surface area contributed by atoms with Crippen LogP contribution in [0.5, 0.6) is 28.9 Å². The summed E-state index contributed by atoms with van der Waals surface area (Å²) in [5, 5.41) is 11.9. The number of phenols is 1. The van der Waals surface area contributed by atoms with Crippen LogP contribution in [0.2, 0.25) is 0 Å². The van der Waals surface area contributed by atoms with Crippen molar-refractivity contribution >= 4 is 10.8 Å². The highest BCUT2D eigenvalue weighted by Gasteiger charge is 2.17. The number of aromatic hydroxyl groups is 1. The third kappa shape index (κ3) is 4.53. The molecule has 3 aromatic rings. The zero-order valence-corrected chi connectivity index (χ0v) is 18.2. The van der Waals surface area contributed by atoms with Crippen LogP contribution < -0.4 is 18.9 Å². The van der Waals surface area contributed by atoms with Gasteiger partial charge in [0.25, 0.3) is 0 Å². The van der Waals surface area contributed by atoms with Gasteiger partial charge in [-0.1, -0.05) is 26.0 Å². The molecule has 6 heteroatoms. The summed E-state index contributed by atoms with van der Waals surface area (Å²) in [6.07, 6.45) is 2.37. The van der Waals surface area contributed by atoms with Crippen LogP contribution in [0.3, 0.4) is 0 Å². The van der Waals surface area contributed by atoms with Crippen molar-refractivity contribution in [2.24, 2.45) is 5.92 Å². The molecule has 1 aromatic heterocycles. The first kappa shape index (κ1) is 21.6. The first-order valence-corrected chi connectivity index (χ1v) is 10.1. The van der Waals surface area contributed by atoms with E-state index in [9.17, 15) is 5.11 Å². The lowest BCUT2D eigenvalue weighted by atomic mass is 9.99. The number of hydrogen-bond acceptors (Lipinski definition) is 6. The Morgan fingerprint density at radius 3 is 2.47 bits per heavy atom. The van der Waals surface area contributed by atoms with Gasteiger partial charge in [0.1, 0.15) is 5.75 Å². The summed E-state index contributed by atoms with van der Waals surface area (Å²) in [5.74, 6) is 2.80. The van der Waals surface area contributed by atoms with E-state index < -0.39 is 0 Å². The van der Waals surface area contributed by atoms with Gasteiger partial charge in [-0.15, -0.1) is 0 Å². The summed E-state index contributed by atoms with van der Waals surface area (Å²) in [4.78, 5) is 4.44. The number of hydrogen-bond donors (Lipinski definition) is 1. The number of methoxy groups -OCH3 is 2. The molecule has 0 amide bonds. The minimum atomic E-state index is 0.151. The average molecular weight is 411 g/mol. The van der Waals surface area contributed by atoms with Crippen LogP contribution in [0, 0.1) is 5.92 Å². The van der Waals surface area contributed by atoms with Crippen LogP contribution in [0.1, 0.15) is 31.9 Å². The number of pyridine rings is 1. The fourth-order valence-electron chi connectivity index (χ4n) is 3.36. The van der Waals surface area contributed by atoms with Crippen molar-refractivity contribution in [3.8, 4) is 28.9 Å². The number of phenolic OH excluding ortho intramolecular Hbond substituents is 1. The largest absolute Gasteiger partial charge is 0.507 e. The van der Waals surface area contributed by atoms with Crippen LogP contribution in [-0.4, -0.2) is 37.5 Å². The van der Waals surface area contributed by atoms with Crippen LogP contribution in [0.25, 0.3) is 10.8 Å². The summed E-state index contributed by atoms with van der Waals surface area (Å²) in [6, 6.07) is 9.33. The second-order valence-electron chi connectivity index (χ2n) is 7.43. The molecule has 0 aliphatic carbocycles. The van der Waals surface area contributed by atoms with Gasteiger partial charge in [0.15, 0.2) is 11.5 Å². The minimum Gasteiger partial charge on any atom is -0.507 e. The van der Waals surface area contributed by atoms with E-state index >= 15 is 0 Å². The lowest BCUT2D eigenvalue weighted by Crippen LogP contribution is -2.07. The Hall–Kier alpha value is -3.15. The zero-order valence-electron chi connectivity index (χ0n) is 18.2. The van der Waals surface area contributed by atoms with Crippen molar-refractivity contribution in [2.75, 3.05) is 27.4 Å². The molecule has 0 saturated carbocycles. The first-order chi connectivity index (χ1) is 14.5. The number of aromatic nitrogens is 1. The molecular weight excluding hydrogens is 382 g/mol. The van der Waals surface area contributed by atoms with Gasteiger partial charge >= 0.3 is 0 Å². The first-order valence-electron chi connectivity index (χ1n) is 10.1. The normalized spacial score (nSPS) is 11.0. The highest BCUT2D eigenvalue weighted by Crippen LogP contribution is 2.40. The maximum absolute atomic E-state index is 10.4. The third-order valence-electron chi connectivity index (χ3n) is 4.69. The number of rotatable bonds is 9. The standard InChI is InChI=1S/C24H29NO5/c1-6-29-24-22-18(8-7-9-19(22)26)17(13-25-24)10-16-11-20(27-4)23(28-5)21(12-16)30-14-15(2)3/h7-9,11-13,15,26H,6,10,14H2,1-5H3. The SMILES string of the molecule is CCOc1ncc(Cc2cc(OC)c(OC)c(OCC(C)C)c2)c2cccc(O)c12. The molecule has 6 nitrogen and oxygen atoms in total. The molecule has 0 spiro atoms. The minimum absolute atomic E-state index is 0.151. The molecule has 0 fully saturated rings. The van der Waals surface area contributed by atoms with E-state index in [1.54, 1.807) is 26.5 Å². The Kier molecular flexibility index (Phi) is 6.87. The fourth-order valence-corrected chi connectivity index (χ4v) is 3.36. The average Bonchev–Trinajstić information content (AvgIpc) is 2.73. The maximum atomic E-state index is 10.4. The molecule has 0 aliphatic heterocycles. The van der Waals surface area contributed by atoms with Crippen molar-refractivity contribution < 1.29 is 24.1 Å². The number of benzene rings is 2. The lowest BCUT2D eigenvalue weighted by Gasteiger charge is -2.17. The van der Waals surface area contributed by atoms with Crippen molar-refractivity contribution in [3.63, 3.8) is 0 Å². The van der Waals surface area contributed by atoms with E-state index in [0.29, 0.717) is 54.1 Å². The van der Waals surface area contributed by atoms with E-state index in [4.69, 9.17) is 18.9 Å². The molecule has 0 radical (unpaired) electrons. The van der Waals surface area contributed by atoms with Crippen molar-refractivity contribution in [3.05, 3.63) is 47.7 Å². The van der Waals surface area contributed by atoms with Crippen LogP contribution >= 0.6 is 0 Å². The smallest absolute Gasteiger partial charge is 0.225 e.